The van der Waals surface area contributed by atoms with Crippen molar-refractivity contribution < 1.29 is 14.3 Å². The largest absolute Gasteiger partial charge is 0.481 e. The number of aliphatic carboxylic acids is 1. The maximum Gasteiger partial charge on any atom is 0.309 e. The average Bonchev–Trinajstić information content (AvgIpc) is 2.89. The molecule has 0 saturated carbocycles. The van der Waals surface area contributed by atoms with Gasteiger partial charge in [-0.15, -0.1) is 11.3 Å². The first-order valence-electron chi connectivity index (χ1n) is 5.16. The van der Waals surface area contributed by atoms with Crippen molar-refractivity contribution in [1.82, 2.24) is 4.98 Å². The van der Waals surface area contributed by atoms with Crippen molar-refractivity contribution in [3.63, 3.8) is 0 Å². The van der Waals surface area contributed by atoms with E-state index in [9.17, 15) is 4.79 Å². The summed E-state index contributed by atoms with van der Waals surface area (Å²) >= 11 is 1.41. The molecule has 0 fully saturated rings. The molecule has 0 atom stereocenters. The van der Waals surface area contributed by atoms with Crippen molar-refractivity contribution in [2.24, 2.45) is 0 Å². The van der Waals surface area contributed by atoms with E-state index in [-0.39, 0.29) is 6.42 Å². The monoisotopic (exact) mass is 252 g/mol. The fourth-order valence-corrected chi connectivity index (χ4v) is 2.11. The SMILES string of the molecule is O=C(O)Cc1csc(NCCc2ccco2)n1. The molecular formula is C11H12N2O3S. The Labute approximate surface area is 102 Å². The lowest BCUT2D eigenvalue weighted by molar-refractivity contribution is -0.136. The molecule has 0 spiro atoms. The number of rotatable bonds is 6. The van der Waals surface area contributed by atoms with Crippen LogP contribution in [0, 0.1) is 0 Å². The maximum absolute atomic E-state index is 10.5. The molecule has 90 valence electrons. The Hall–Kier alpha value is -1.82. The molecule has 2 aromatic heterocycles. The first kappa shape index (κ1) is 11.7. The normalized spacial score (nSPS) is 10.4. The first-order valence-corrected chi connectivity index (χ1v) is 6.04. The van der Waals surface area contributed by atoms with Gasteiger partial charge in [-0.2, -0.15) is 0 Å². The lowest BCUT2D eigenvalue weighted by atomic mass is 10.3. The van der Waals surface area contributed by atoms with Crippen LogP contribution < -0.4 is 5.32 Å². The zero-order valence-electron chi connectivity index (χ0n) is 9.05. The Morgan fingerprint density at radius 2 is 2.47 bits per heavy atom. The molecule has 2 N–H and O–H groups in total. The zero-order chi connectivity index (χ0) is 12.1. The molecule has 2 aromatic rings. The van der Waals surface area contributed by atoms with Crippen molar-refractivity contribution in [1.29, 1.82) is 0 Å². The smallest absolute Gasteiger partial charge is 0.309 e. The van der Waals surface area contributed by atoms with E-state index in [0.717, 1.165) is 17.3 Å². The third-order valence-corrected chi connectivity index (χ3v) is 2.96. The zero-order valence-corrected chi connectivity index (χ0v) is 9.87. The number of carboxylic acids is 1. The Morgan fingerprint density at radius 1 is 1.59 bits per heavy atom. The predicted molar refractivity (Wildman–Crippen MR) is 64.4 cm³/mol. The molecule has 0 aliphatic heterocycles. The number of anilines is 1. The van der Waals surface area contributed by atoms with Gasteiger partial charge >= 0.3 is 5.97 Å². The third-order valence-electron chi connectivity index (χ3n) is 2.11. The topological polar surface area (TPSA) is 75.4 Å². The van der Waals surface area contributed by atoms with Crippen LogP contribution in [0.1, 0.15) is 11.5 Å². The number of aromatic nitrogens is 1. The second-order valence-electron chi connectivity index (χ2n) is 3.47. The molecule has 0 amide bonds. The number of thiazole rings is 1. The summed E-state index contributed by atoms with van der Waals surface area (Å²) in [6.07, 6.45) is 2.39. The summed E-state index contributed by atoms with van der Waals surface area (Å²) in [4.78, 5) is 14.6. The van der Waals surface area contributed by atoms with Crippen LogP contribution in [0.5, 0.6) is 0 Å². The highest BCUT2D eigenvalue weighted by atomic mass is 32.1. The second-order valence-corrected chi connectivity index (χ2v) is 4.33. The van der Waals surface area contributed by atoms with Gasteiger partial charge in [0.15, 0.2) is 5.13 Å². The minimum absolute atomic E-state index is 0.0314. The molecule has 0 radical (unpaired) electrons. The van der Waals surface area contributed by atoms with Crippen LogP contribution in [0.2, 0.25) is 0 Å². The van der Waals surface area contributed by atoms with Crippen LogP contribution in [0.3, 0.4) is 0 Å². The van der Waals surface area contributed by atoms with Gasteiger partial charge in [0.2, 0.25) is 0 Å². The van der Waals surface area contributed by atoms with E-state index in [0.29, 0.717) is 12.2 Å². The summed E-state index contributed by atoms with van der Waals surface area (Å²) in [6.45, 7) is 0.716. The van der Waals surface area contributed by atoms with Gasteiger partial charge in [-0.05, 0) is 12.1 Å². The fraction of sp³-hybridized carbons (Fsp3) is 0.273. The predicted octanol–water partition coefficient (Wildman–Crippen LogP) is 2.02. The van der Waals surface area contributed by atoms with Gasteiger partial charge in [0, 0.05) is 18.3 Å². The van der Waals surface area contributed by atoms with Gasteiger partial charge in [0.25, 0.3) is 0 Å². The molecule has 17 heavy (non-hydrogen) atoms. The van der Waals surface area contributed by atoms with E-state index in [1.165, 1.54) is 11.3 Å². The van der Waals surface area contributed by atoms with Gasteiger partial charge in [-0.1, -0.05) is 0 Å². The highest BCUT2D eigenvalue weighted by Gasteiger charge is 2.05. The van der Waals surface area contributed by atoms with E-state index in [4.69, 9.17) is 9.52 Å². The van der Waals surface area contributed by atoms with Crippen molar-refractivity contribution in [3.8, 4) is 0 Å². The number of hydrogen-bond acceptors (Lipinski definition) is 5. The molecule has 0 saturated heterocycles. The quantitative estimate of drug-likeness (QED) is 0.822. The summed E-state index contributed by atoms with van der Waals surface area (Å²) in [5.41, 5.74) is 0.586. The standard InChI is InChI=1S/C11H12N2O3S/c14-10(15)6-8-7-17-11(13-8)12-4-3-9-2-1-5-16-9/h1-2,5,7H,3-4,6H2,(H,12,13)(H,14,15). The van der Waals surface area contributed by atoms with Crippen LogP contribution in [0.4, 0.5) is 5.13 Å². The van der Waals surface area contributed by atoms with Gasteiger partial charge in [-0.3, -0.25) is 4.79 Å². The first-order chi connectivity index (χ1) is 8.24. The number of carbonyl (C=O) groups is 1. The van der Waals surface area contributed by atoms with Crippen LogP contribution in [-0.2, 0) is 17.6 Å². The van der Waals surface area contributed by atoms with E-state index in [1.807, 2.05) is 12.1 Å². The van der Waals surface area contributed by atoms with E-state index in [1.54, 1.807) is 11.6 Å². The van der Waals surface area contributed by atoms with Gasteiger partial charge in [0.1, 0.15) is 5.76 Å². The van der Waals surface area contributed by atoms with Crippen molar-refractivity contribution in [3.05, 3.63) is 35.2 Å². The maximum atomic E-state index is 10.5. The summed E-state index contributed by atoms with van der Waals surface area (Å²) in [5.74, 6) is 0.0530. The molecule has 0 unspecified atom stereocenters. The molecule has 5 nitrogen and oxygen atoms in total. The van der Waals surface area contributed by atoms with Crippen molar-refractivity contribution in [2.75, 3.05) is 11.9 Å². The van der Waals surface area contributed by atoms with Crippen LogP contribution in [-0.4, -0.2) is 22.6 Å². The number of hydrogen-bond donors (Lipinski definition) is 2. The lowest BCUT2D eigenvalue weighted by Gasteiger charge is -1.99. The van der Waals surface area contributed by atoms with E-state index in [2.05, 4.69) is 10.3 Å². The highest BCUT2D eigenvalue weighted by molar-refractivity contribution is 7.13. The molecule has 2 rings (SSSR count). The number of furan rings is 1. The minimum atomic E-state index is -0.863. The Bertz CT molecular complexity index is 479. The minimum Gasteiger partial charge on any atom is -0.481 e. The van der Waals surface area contributed by atoms with E-state index >= 15 is 0 Å². The number of carboxylic acid groups (broad SMARTS) is 1. The number of nitrogens with zero attached hydrogens (tertiary/aromatic N) is 1. The average molecular weight is 252 g/mol. The molecule has 0 aromatic carbocycles. The van der Waals surface area contributed by atoms with Gasteiger partial charge in [0.05, 0.1) is 18.4 Å². The highest BCUT2D eigenvalue weighted by Crippen LogP contribution is 2.15. The summed E-state index contributed by atoms with van der Waals surface area (Å²) in [7, 11) is 0. The number of nitrogens with one attached hydrogen (secondary N) is 1. The second kappa shape index (κ2) is 5.49. The van der Waals surface area contributed by atoms with Crippen LogP contribution >= 0.6 is 11.3 Å². The molecule has 0 aliphatic carbocycles. The van der Waals surface area contributed by atoms with Gasteiger partial charge in [-0.25, -0.2) is 4.98 Å². The van der Waals surface area contributed by atoms with Crippen molar-refractivity contribution >= 4 is 22.4 Å². The van der Waals surface area contributed by atoms with E-state index < -0.39 is 5.97 Å². The van der Waals surface area contributed by atoms with Crippen molar-refractivity contribution in [2.45, 2.75) is 12.8 Å². The summed E-state index contributed by atoms with van der Waals surface area (Å²) in [5, 5.41) is 14.2. The van der Waals surface area contributed by atoms with Crippen LogP contribution in [0.25, 0.3) is 0 Å². The summed E-state index contributed by atoms with van der Waals surface area (Å²) in [6, 6.07) is 3.77. The molecule has 2 heterocycles. The Kier molecular flexibility index (Phi) is 3.77. The Balaban J connectivity index is 1.79. The molecule has 0 aliphatic rings. The van der Waals surface area contributed by atoms with Crippen LogP contribution in [0.15, 0.2) is 28.2 Å². The van der Waals surface area contributed by atoms with Gasteiger partial charge < -0.3 is 14.8 Å². The molecule has 6 heteroatoms. The third kappa shape index (κ3) is 3.60. The Morgan fingerprint density at radius 3 is 3.18 bits per heavy atom. The fourth-order valence-electron chi connectivity index (χ4n) is 1.37. The molecule has 0 bridgehead atoms. The summed E-state index contributed by atoms with van der Waals surface area (Å²) < 4.78 is 5.19. The molecular weight excluding hydrogens is 240 g/mol. The lowest BCUT2D eigenvalue weighted by Crippen LogP contribution is -2.05.